The van der Waals surface area contributed by atoms with Gasteiger partial charge in [0.1, 0.15) is 0 Å². The van der Waals surface area contributed by atoms with Crippen molar-refractivity contribution in [3.05, 3.63) is 35.9 Å². The molecule has 22 heavy (non-hydrogen) atoms. The van der Waals surface area contributed by atoms with Crippen LogP contribution in [0.1, 0.15) is 18.9 Å². The Labute approximate surface area is 132 Å². The fourth-order valence-corrected chi connectivity index (χ4v) is 2.58. The number of hydrogen-bond acceptors (Lipinski definition) is 3. The first-order chi connectivity index (χ1) is 10.6. The normalized spacial score (nSPS) is 18.0. The van der Waals surface area contributed by atoms with E-state index in [4.69, 9.17) is 0 Å². The molecular weight excluding hydrogens is 278 g/mol. The van der Waals surface area contributed by atoms with Crippen molar-refractivity contribution in [1.29, 1.82) is 0 Å². The summed E-state index contributed by atoms with van der Waals surface area (Å²) in [6.45, 7) is 5.61. The molecule has 1 heterocycles. The van der Waals surface area contributed by atoms with Crippen LogP contribution in [0.2, 0.25) is 0 Å². The Hall–Kier alpha value is -1.88. The van der Waals surface area contributed by atoms with Crippen molar-refractivity contribution in [3.8, 4) is 0 Å². The molecule has 0 aliphatic carbocycles. The molecule has 2 rings (SSSR count). The van der Waals surface area contributed by atoms with Gasteiger partial charge in [-0.3, -0.25) is 9.59 Å². The van der Waals surface area contributed by atoms with Crippen molar-refractivity contribution in [2.45, 2.75) is 19.9 Å². The molecular formula is C17H25N3O2. The zero-order valence-electron chi connectivity index (χ0n) is 13.4. The van der Waals surface area contributed by atoms with Crippen molar-refractivity contribution in [3.63, 3.8) is 0 Å². The molecule has 0 bridgehead atoms. The van der Waals surface area contributed by atoms with Gasteiger partial charge in [0.2, 0.25) is 11.8 Å². The number of nitrogens with zero attached hydrogens (tertiary/aromatic N) is 2. The van der Waals surface area contributed by atoms with Crippen molar-refractivity contribution in [2.24, 2.45) is 5.92 Å². The Morgan fingerprint density at radius 2 is 2.09 bits per heavy atom. The third kappa shape index (κ3) is 4.56. The summed E-state index contributed by atoms with van der Waals surface area (Å²) in [4.78, 5) is 28.1. The van der Waals surface area contributed by atoms with Crippen LogP contribution in [0.4, 0.5) is 0 Å². The fourth-order valence-electron chi connectivity index (χ4n) is 2.58. The number of carbonyl (C=O) groups excluding carboxylic acids is 2. The van der Waals surface area contributed by atoms with E-state index < -0.39 is 0 Å². The maximum Gasteiger partial charge on any atom is 0.225 e. The molecule has 1 aromatic carbocycles. The Bertz CT molecular complexity index is 504. The molecule has 1 aliphatic rings. The average Bonchev–Trinajstić information content (AvgIpc) is 2.89. The third-order valence-electron chi connectivity index (χ3n) is 4.13. The molecule has 2 amide bonds. The molecule has 5 heteroatoms. The number of likely N-dealkylation sites (tertiary alicyclic amines) is 1. The monoisotopic (exact) mass is 303 g/mol. The van der Waals surface area contributed by atoms with E-state index in [0.29, 0.717) is 26.1 Å². The van der Waals surface area contributed by atoms with Gasteiger partial charge >= 0.3 is 0 Å². The number of amides is 2. The van der Waals surface area contributed by atoms with Gasteiger partial charge in [-0.1, -0.05) is 37.3 Å². The molecule has 120 valence electrons. The van der Waals surface area contributed by atoms with Crippen LogP contribution in [-0.4, -0.2) is 54.8 Å². The van der Waals surface area contributed by atoms with Crippen LogP contribution in [0.5, 0.6) is 0 Å². The lowest BCUT2D eigenvalue weighted by Crippen LogP contribution is -2.37. The topological polar surface area (TPSA) is 52.7 Å². The van der Waals surface area contributed by atoms with Gasteiger partial charge in [0, 0.05) is 32.6 Å². The van der Waals surface area contributed by atoms with E-state index in [0.717, 1.165) is 18.7 Å². The fraction of sp³-hybridized carbons (Fsp3) is 0.529. The predicted octanol–water partition coefficient (Wildman–Crippen LogP) is 1.10. The zero-order valence-corrected chi connectivity index (χ0v) is 13.4. The highest BCUT2D eigenvalue weighted by Gasteiger charge is 2.33. The lowest BCUT2D eigenvalue weighted by atomic mass is 10.1. The lowest BCUT2D eigenvalue weighted by Gasteiger charge is -2.17. The Morgan fingerprint density at radius 1 is 1.36 bits per heavy atom. The minimum Gasteiger partial charge on any atom is -0.355 e. The highest BCUT2D eigenvalue weighted by atomic mass is 16.2. The van der Waals surface area contributed by atoms with Crippen molar-refractivity contribution >= 4 is 11.8 Å². The van der Waals surface area contributed by atoms with E-state index >= 15 is 0 Å². The highest BCUT2D eigenvalue weighted by Crippen LogP contribution is 2.20. The second-order valence-corrected chi connectivity index (χ2v) is 5.85. The summed E-state index contributed by atoms with van der Waals surface area (Å²) in [6.07, 6.45) is 0.322. The van der Waals surface area contributed by atoms with Gasteiger partial charge in [0.05, 0.1) is 5.92 Å². The van der Waals surface area contributed by atoms with Gasteiger partial charge in [-0.05, 0) is 19.2 Å². The van der Waals surface area contributed by atoms with Crippen molar-refractivity contribution in [2.75, 3.05) is 33.2 Å². The molecule has 5 nitrogen and oxygen atoms in total. The maximum atomic E-state index is 12.2. The molecule has 0 radical (unpaired) electrons. The molecule has 1 N–H and O–H groups in total. The van der Waals surface area contributed by atoms with Crippen LogP contribution >= 0.6 is 0 Å². The summed E-state index contributed by atoms with van der Waals surface area (Å²) in [5.41, 5.74) is 1.10. The van der Waals surface area contributed by atoms with E-state index in [9.17, 15) is 9.59 Å². The van der Waals surface area contributed by atoms with Gasteiger partial charge in [0.15, 0.2) is 0 Å². The smallest absolute Gasteiger partial charge is 0.225 e. The number of hydrogen-bond donors (Lipinski definition) is 1. The quantitative estimate of drug-likeness (QED) is 0.821. The summed E-state index contributed by atoms with van der Waals surface area (Å²) in [5, 5.41) is 2.94. The van der Waals surface area contributed by atoms with Crippen LogP contribution in [-0.2, 0) is 16.1 Å². The summed E-state index contributed by atoms with van der Waals surface area (Å²) >= 11 is 0. The van der Waals surface area contributed by atoms with Gasteiger partial charge in [-0.25, -0.2) is 0 Å². The SMILES string of the molecule is CCN(C)CCNC(=O)[C@H]1CC(=O)N(Cc2ccccc2)C1. The summed E-state index contributed by atoms with van der Waals surface area (Å²) in [6, 6.07) is 9.88. The van der Waals surface area contributed by atoms with E-state index in [1.54, 1.807) is 4.90 Å². The zero-order chi connectivity index (χ0) is 15.9. The molecule has 1 aliphatic heterocycles. The van der Waals surface area contributed by atoms with Crippen LogP contribution < -0.4 is 5.32 Å². The molecule has 0 saturated carbocycles. The van der Waals surface area contributed by atoms with Crippen molar-refractivity contribution < 1.29 is 9.59 Å². The Balaban J connectivity index is 1.80. The van der Waals surface area contributed by atoms with Gasteiger partial charge in [-0.15, -0.1) is 0 Å². The number of carbonyl (C=O) groups is 2. The Kier molecular flexibility index (Phi) is 5.95. The molecule has 0 unspecified atom stereocenters. The summed E-state index contributed by atoms with van der Waals surface area (Å²) in [7, 11) is 2.02. The second-order valence-electron chi connectivity index (χ2n) is 5.85. The molecule has 1 atom stereocenters. The number of nitrogens with one attached hydrogen (secondary N) is 1. The third-order valence-corrected chi connectivity index (χ3v) is 4.13. The van der Waals surface area contributed by atoms with Gasteiger partial charge in [0.25, 0.3) is 0 Å². The minimum absolute atomic E-state index is 0.00610. The molecule has 0 aromatic heterocycles. The van der Waals surface area contributed by atoms with E-state index in [1.165, 1.54) is 0 Å². The number of rotatable bonds is 7. The van der Waals surface area contributed by atoms with Crippen LogP contribution in [0.15, 0.2) is 30.3 Å². The molecule has 0 spiro atoms. The number of likely N-dealkylation sites (N-methyl/N-ethyl adjacent to an activating group) is 1. The molecule has 1 aromatic rings. The number of benzene rings is 1. The predicted molar refractivity (Wildman–Crippen MR) is 86.1 cm³/mol. The first-order valence-electron chi connectivity index (χ1n) is 7.88. The molecule has 1 fully saturated rings. The Morgan fingerprint density at radius 3 is 2.77 bits per heavy atom. The van der Waals surface area contributed by atoms with Crippen LogP contribution in [0, 0.1) is 5.92 Å². The summed E-state index contributed by atoms with van der Waals surface area (Å²) < 4.78 is 0. The average molecular weight is 303 g/mol. The first kappa shape index (κ1) is 16.5. The van der Waals surface area contributed by atoms with E-state index in [2.05, 4.69) is 17.1 Å². The summed E-state index contributed by atoms with van der Waals surface area (Å²) in [5.74, 6) is -0.161. The minimum atomic E-state index is -0.219. The standard InChI is InChI=1S/C17H25N3O2/c1-3-19(2)10-9-18-17(22)15-11-16(21)20(13-15)12-14-7-5-4-6-8-14/h4-8,15H,3,9-13H2,1-2H3,(H,18,22)/t15-/m0/s1. The van der Waals surface area contributed by atoms with Gasteiger partial charge in [-0.2, -0.15) is 0 Å². The van der Waals surface area contributed by atoms with Crippen LogP contribution in [0.25, 0.3) is 0 Å². The maximum absolute atomic E-state index is 12.2. The first-order valence-corrected chi connectivity index (χ1v) is 7.88. The second kappa shape index (κ2) is 7.94. The van der Waals surface area contributed by atoms with E-state index in [-0.39, 0.29) is 17.7 Å². The van der Waals surface area contributed by atoms with E-state index in [1.807, 2.05) is 37.4 Å². The lowest BCUT2D eigenvalue weighted by molar-refractivity contribution is -0.129. The molecule has 1 saturated heterocycles. The largest absolute Gasteiger partial charge is 0.355 e. The van der Waals surface area contributed by atoms with Crippen LogP contribution in [0.3, 0.4) is 0 Å². The highest BCUT2D eigenvalue weighted by molar-refractivity contribution is 5.89. The van der Waals surface area contributed by atoms with Gasteiger partial charge < -0.3 is 15.1 Å². The van der Waals surface area contributed by atoms with Crippen molar-refractivity contribution in [1.82, 2.24) is 15.1 Å².